The molecule has 1 aliphatic heterocycles. The molecular weight excluding hydrogens is 154 g/mol. The molecule has 0 amide bonds. The first-order valence-electron chi connectivity index (χ1n) is 3.45. The van der Waals surface area contributed by atoms with E-state index in [0.717, 1.165) is 0 Å². The summed E-state index contributed by atoms with van der Waals surface area (Å²) >= 11 is 0. The van der Waals surface area contributed by atoms with E-state index in [1.165, 1.54) is 0 Å². The number of alkyl halides is 2. The van der Waals surface area contributed by atoms with Gasteiger partial charge in [0.1, 0.15) is 0 Å². The molecule has 0 aromatic heterocycles. The molecule has 0 aliphatic carbocycles. The Hall–Kier alpha value is -0.260. The second-order valence-electron chi connectivity index (χ2n) is 2.96. The van der Waals surface area contributed by atoms with Gasteiger partial charge in [-0.1, -0.05) is 0 Å². The Kier molecular flexibility index (Phi) is 2.41. The van der Waals surface area contributed by atoms with E-state index in [4.69, 9.17) is 5.90 Å². The minimum atomic E-state index is -2.57. The van der Waals surface area contributed by atoms with E-state index < -0.39 is 5.92 Å². The number of hydrogen-bond acceptors (Lipinski definition) is 3. The van der Waals surface area contributed by atoms with Crippen LogP contribution in [0.15, 0.2) is 0 Å². The predicted octanol–water partition coefficient (Wildman–Crippen LogP) is 0.216. The molecule has 0 radical (unpaired) electrons. The van der Waals surface area contributed by atoms with Crippen LogP contribution in [0.25, 0.3) is 0 Å². The van der Waals surface area contributed by atoms with E-state index in [-0.39, 0.29) is 25.6 Å². The molecule has 0 bridgehead atoms. The van der Waals surface area contributed by atoms with Crippen molar-refractivity contribution in [2.24, 2.45) is 5.90 Å². The molecule has 1 fully saturated rings. The van der Waals surface area contributed by atoms with Gasteiger partial charge in [-0.25, -0.2) is 14.7 Å². The lowest BCUT2D eigenvalue weighted by molar-refractivity contribution is 0.0128. The van der Waals surface area contributed by atoms with Gasteiger partial charge in [-0.3, -0.25) is 4.90 Å². The Bertz CT molecular complexity index is 143. The number of likely N-dealkylation sites (tertiary alicyclic amines) is 1. The Labute approximate surface area is 64.1 Å². The third-order valence-corrected chi connectivity index (χ3v) is 1.93. The first-order chi connectivity index (χ1) is 5.05. The van der Waals surface area contributed by atoms with Gasteiger partial charge in [0.2, 0.25) is 0 Å². The molecule has 0 aromatic carbocycles. The maximum Gasteiger partial charge on any atom is 0.262 e. The number of rotatable bonds is 2. The minimum Gasteiger partial charge on any atom is -0.303 e. The number of halogens is 2. The third kappa shape index (κ3) is 2.08. The highest BCUT2D eigenvalue weighted by Gasteiger charge is 2.43. The average molecular weight is 166 g/mol. The van der Waals surface area contributed by atoms with Crippen LogP contribution in [0.5, 0.6) is 0 Å². The van der Waals surface area contributed by atoms with Crippen molar-refractivity contribution in [3.63, 3.8) is 0 Å². The lowest BCUT2D eigenvalue weighted by Crippen LogP contribution is -2.30. The highest BCUT2D eigenvalue weighted by atomic mass is 19.3. The van der Waals surface area contributed by atoms with Crippen LogP contribution in [-0.4, -0.2) is 37.1 Å². The molecule has 1 saturated heterocycles. The highest BCUT2D eigenvalue weighted by Crippen LogP contribution is 2.30. The largest absolute Gasteiger partial charge is 0.303 e. The topological polar surface area (TPSA) is 38.5 Å². The molecule has 66 valence electrons. The molecule has 0 unspecified atom stereocenters. The zero-order valence-electron chi connectivity index (χ0n) is 6.39. The molecule has 0 aromatic rings. The zero-order chi connectivity index (χ0) is 8.48. The Balaban J connectivity index is 2.45. The summed E-state index contributed by atoms with van der Waals surface area (Å²) in [6, 6.07) is -0.241. The van der Waals surface area contributed by atoms with Crippen molar-refractivity contribution >= 4 is 0 Å². The first-order valence-corrected chi connectivity index (χ1v) is 3.45. The third-order valence-electron chi connectivity index (χ3n) is 1.93. The summed E-state index contributed by atoms with van der Waals surface area (Å²) in [7, 11) is 1.64. The fourth-order valence-electron chi connectivity index (χ4n) is 1.36. The molecular formula is C6H12F2N2O. The zero-order valence-corrected chi connectivity index (χ0v) is 6.39. The molecule has 5 heteroatoms. The van der Waals surface area contributed by atoms with Gasteiger partial charge in [0.25, 0.3) is 5.92 Å². The van der Waals surface area contributed by atoms with E-state index >= 15 is 0 Å². The van der Waals surface area contributed by atoms with Crippen molar-refractivity contribution in [3.8, 4) is 0 Å². The van der Waals surface area contributed by atoms with Gasteiger partial charge in [-0.15, -0.1) is 0 Å². The fraction of sp³-hybridized carbons (Fsp3) is 1.00. The van der Waals surface area contributed by atoms with Gasteiger partial charge in [0.15, 0.2) is 0 Å². The van der Waals surface area contributed by atoms with Gasteiger partial charge in [0.05, 0.1) is 13.2 Å². The number of nitrogens with two attached hydrogens (primary N) is 1. The molecule has 3 nitrogen and oxygen atoms in total. The van der Waals surface area contributed by atoms with Crippen molar-refractivity contribution in [2.75, 3.05) is 20.2 Å². The summed E-state index contributed by atoms with van der Waals surface area (Å²) in [4.78, 5) is 5.88. The van der Waals surface area contributed by atoms with Gasteiger partial charge in [-0.2, -0.15) is 0 Å². The number of nitrogens with zero attached hydrogens (tertiary/aromatic N) is 1. The van der Waals surface area contributed by atoms with Crippen molar-refractivity contribution < 1.29 is 13.6 Å². The second-order valence-corrected chi connectivity index (χ2v) is 2.96. The van der Waals surface area contributed by atoms with E-state index in [9.17, 15) is 8.78 Å². The molecule has 1 rings (SSSR count). The standard InChI is InChI=1S/C6H12F2N2O/c1-10-4-6(7,8)2-5(10)3-11-9/h5H,2-4,9H2,1H3/t5-/m1/s1. The van der Waals surface area contributed by atoms with Crippen LogP contribution in [-0.2, 0) is 4.84 Å². The van der Waals surface area contributed by atoms with Crippen LogP contribution >= 0.6 is 0 Å². The minimum absolute atomic E-state index is 0.152. The number of likely N-dealkylation sites (N-methyl/N-ethyl adjacent to an activating group) is 1. The van der Waals surface area contributed by atoms with Gasteiger partial charge >= 0.3 is 0 Å². The molecule has 1 aliphatic rings. The summed E-state index contributed by atoms with van der Waals surface area (Å²) in [6.07, 6.45) is -0.152. The van der Waals surface area contributed by atoms with Crippen LogP contribution in [0, 0.1) is 0 Å². The highest BCUT2D eigenvalue weighted by molar-refractivity contribution is 4.88. The van der Waals surface area contributed by atoms with E-state index in [2.05, 4.69) is 4.84 Å². The Morgan fingerprint density at radius 1 is 1.73 bits per heavy atom. The lowest BCUT2D eigenvalue weighted by atomic mass is 10.2. The summed E-state index contributed by atoms with van der Waals surface area (Å²) in [6.45, 7) is -0.0207. The predicted molar refractivity (Wildman–Crippen MR) is 36.1 cm³/mol. The number of hydrogen-bond donors (Lipinski definition) is 1. The summed E-state index contributed by atoms with van der Waals surface area (Å²) in [5, 5.41) is 0. The van der Waals surface area contributed by atoms with Crippen molar-refractivity contribution in [1.82, 2.24) is 4.90 Å². The molecule has 0 saturated carbocycles. The normalized spacial score (nSPS) is 31.1. The van der Waals surface area contributed by atoms with Crippen molar-refractivity contribution in [3.05, 3.63) is 0 Å². The van der Waals surface area contributed by atoms with E-state index in [1.54, 1.807) is 11.9 Å². The second kappa shape index (κ2) is 3.00. The van der Waals surface area contributed by atoms with Gasteiger partial charge < -0.3 is 4.84 Å². The monoisotopic (exact) mass is 166 g/mol. The Morgan fingerprint density at radius 2 is 2.36 bits per heavy atom. The van der Waals surface area contributed by atoms with Gasteiger partial charge in [-0.05, 0) is 7.05 Å². The molecule has 11 heavy (non-hydrogen) atoms. The lowest BCUT2D eigenvalue weighted by Gasteiger charge is -2.15. The molecule has 0 spiro atoms. The molecule has 2 N–H and O–H groups in total. The maximum absolute atomic E-state index is 12.6. The summed E-state index contributed by atoms with van der Waals surface area (Å²) in [5.74, 6) is 2.22. The van der Waals surface area contributed by atoms with Crippen LogP contribution in [0.1, 0.15) is 6.42 Å². The SMILES string of the molecule is CN1CC(F)(F)C[C@@H]1CON. The van der Waals surface area contributed by atoms with Gasteiger partial charge in [0, 0.05) is 12.5 Å². The summed E-state index contributed by atoms with van der Waals surface area (Å²) < 4.78 is 25.3. The van der Waals surface area contributed by atoms with Crippen molar-refractivity contribution in [1.29, 1.82) is 0 Å². The molecule has 1 heterocycles. The van der Waals surface area contributed by atoms with Crippen LogP contribution in [0.4, 0.5) is 8.78 Å². The average Bonchev–Trinajstić information content (AvgIpc) is 2.07. The first kappa shape index (κ1) is 8.83. The maximum atomic E-state index is 12.6. The van der Waals surface area contributed by atoms with Crippen LogP contribution < -0.4 is 5.90 Å². The quantitative estimate of drug-likeness (QED) is 0.596. The van der Waals surface area contributed by atoms with E-state index in [0.29, 0.717) is 0 Å². The van der Waals surface area contributed by atoms with E-state index in [1.807, 2.05) is 0 Å². The van der Waals surface area contributed by atoms with Crippen LogP contribution in [0.3, 0.4) is 0 Å². The van der Waals surface area contributed by atoms with Crippen LogP contribution in [0.2, 0.25) is 0 Å². The summed E-state index contributed by atoms with van der Waals surface area (Å²) in [5.41, 5.74) is 0. The smallest absolute Gasteiger partial charge is 0.262 e. The fourth-order valence-corrected chi connectivity index (χ4v) is 1.36. The Morgan fingerprint density at radius 3 is 2.73 bits per heavy atom. The van der Waals surface area contributed by atoms with Crippen molar-refractivity contribution in [2.45, 2.75) is 18.4 Å². The molecule has 1 atom stereocenters.